The van der Waals surface area contributed by atoms with E-state index < -0.39 is 11.7 Å². The molecule has 3 nitrogen and oxygen atoms in total. The van der Waals surface area contributed by atoms with Gasteiger partial charge in [-0.3, -0.25) is 4.99 Å². The Labute approximate surface area is 167 Å². The Hall–Kier alpha value is -3.15. The number of anilines is 1. The Morgan fingerprint density at radius 3 is 2.38 bits per heavy atom. The lowest BCUT2D eigenvalue weighted by Gasteiger charge is -2.14. The Balaban J connectivity index is 1.73. The minimum atomic E-state index is -4.45. The second kappa shape index (κ2) is 7.35. The minimum absolute atomic E-state index is 0.0620. The molecule has 0 spiro atoms. The minimum Gasteiger partial charge on any atom is -0.325 e. The topological polar surface area (TPSA) is 37.3 Å². The van der Waals surface area contributed by atoms with Gasteiger partial charge in [0.05, 0.1) is 17.3 Å². The average molecular weight is 395 g/mol. The van der Waals surface area contributed by atoms with Crippen molar-refractivity contribution in [2.75, 3.05) is 5.32 Å². The van der Waals surface area contributed by atoms with Crippen molar-refractivity contribution < 1.29 is 13.2 Å². The molecule has 0 bridgehead atoms. The van der Waals surface area contributed by atoms with Crippen LogP contribution in [0.5, 0.6) is 0 Å². The summed E-state index contributed by atoms with van der Waals surface area (Å²) in [5, 5.41) is 3.23. The first-order valence-corrected chi connectivity index (χ1v) is 9.46. The second-order valence-corrected chi connectivity index (χ2v) is 7.07. The quantitative estimate of drug-likeness (QED) is 0.557. The average Bonchev–Trinajstić information content (AvgIpc) is 3.05. The first-order valence-electron chi connectivity index (χ1n) is 9.46. The molecule has 2 heterocycles. The van der Waals surface area contributed by atoms with Crippen LogP contribution in [0.3, 0.4) is 0 Å². The molecule has 29 heavy (non-hydrogen) atoms. The summed E-state index contributed by atoms with van der Waals surface area (Å²) in [5.74, 6) is 1.17. The van der Waals surface area contributed by atoms with Crippen LogP contribution in [0.1, 0.15) is 41.6 Å². The summed E-state index contributed by atoms with van der Waals surface area (Å²) < 4.78 is 40.3. The fraction of sp³-hybridized carbons (Fsp3) is 0.217. The predicted molar refractivity (Wildman–Crippen MR) is 109 cm³/mol. The van der Waals surface area contributed by atoms with E-state index >= 15 is 0 Å². The smallest absolute Gasteiger partial charge is 0.325 e. The highest BCUT2D eigenvalue weighted by Crippen LogP contribution is 2.37. The van der Waals surface area contributed by atoms with Crippen molar-refractivity contribution in [2.24, 2.45) is 4.99 Å². The molecule has 0 fully saturated rings. The largest absolute Gasteiger partial charge is 0.417 e. The summed E-state index contributed by atoms with van der Waals surface area (Å²) in [7, 11) is 0. The van der Waals surface area contributed by atoms with Crippen LogP contribution >= 0.6 is 0 Å². The van der Waals surface area contributed by atoms with E-state index in [1.807, 2.05) is 31.2 Å². The maximum Gasteiger partial charge on any atom is 0.417 e. The fourth-order valence-corrected chi connectivity index (χ4v) is 3.65. The first kappa shape index (κ1) is 19.2. The van der Waals surface area contributed by atoms with Crippen LogP contribution < -0.4 is 5.32 Å². The number of nitrogens with one attached hydrogen (secondary N) is 1. The Bertz CT molecular complexity index is 1090. The standard InChI is InChI=1S/C23H20F3N3/c1-3-19-15-8-4-5-9-16(15)22(28-19)29-21-13-14(2)12-20(27-21)17-10-6-7-11-18(17)23(24,25)26/h4-13,19H,3H2,1-2H3,(H,27,28,29). The molecule has 4 rings (SSSR count). The van der Waals surface area contributed by atoms with Crippen LogP contribution in [0, 0.1) is 6.92 Å². The number of halogens is 3. The van der Waals surface area contributed by atoms with E-state index in [0.29, 0.717) is 11.7 Å². The molecule has 0 saturated carbocycles. The van der Waals surface area contributed by atoms with Gasteiger partial charge < -0.3 is 5.32 Å². The lowest BCUT2D eigenvalue weighted by molar-refractivity contribution is -0.137. The van der Waals surface area contributed by atoms with Crippen LogP contribution in [-0.4, -0.2) is 10.8 Å². The molecule has 1 unspecified atom stereocenters. The third-order valence-electron chi connectivity index (χ3n) is 4.97. The summed E-state index contributed by atoms with van der Waals surface area (Å²) in [6, 6.07) is 17.0. The molecule has 148 valence electrons. The lowest BCUT2D eigenvalue weighted by Crippen LogP contribution is -2.13. The molecular weight excluding hydrogens is 375 g/mol. The highest BCUT2D eigenvalue weighted by molar-refractivity contribution is 6.10. The molecule has 0 aliphatic carbocycles. The van der Waals surface area contributed by atoms with E-state index in [1.54, 1.807) is 12.1 Å². The zero-order chi connectivity index (χ0) is 20.6. The Kier molecular flexibility index (Phi) is 4.86. The SMILES string of the molecule is CCC1N=C(Nc2cc(C)cc(-c3ccccc3C(F)(F)F)n2)c2ccccc21. The van der Waals surface area contributed by atoms with Crippen molar-refractivity contribution in [1.82, 2.24) is 4.98 Å². The third kappa shape index (κ3) is 3.75. The number of pyridine rings is 1. The molecule has 1 aromatic heterocycles. The van der Waals surface area contributed by atoms with E-state index in [4.69, 9.17) is 4.99 Å². The number of rotatable bonds is 3. The number of hydrogen-bond acceptors (Lipinski definition) is 3. The molecular formula is C23H20F3N3. The van der Waals surface area contributed by atoms with Gasteiger partial charge in [0, 0.05) is 11.1 Å². The first-order chi connectivity index (χ1) is 13.9. The molecule has 2 aromatic carbocycles. The van der Waals surface area contributed by atoms with Crippen LogP contribution in [0.25, 0.3) is 11.3 Å². The van der Waals surface area contributed by atoms with Crippen molar-refractivity contribution in [3.05, 3.63) is 82.9 Å². The van der Waals surface area contributed by atoms with Gasteiger partial charge in [-0.1, -0.05) is 49.4 Å². The summed E-state index contributed by atoms with van der Waals surface area (Å²) >= 11 is 0. The maximum absolute atomic E-state index is 13.4. The molecule has 1 atom stereocenters. The van der Waals surface area contributed by atoms with Gasteiger partial charge in [0.1, 0.15) is 11.7 Å². The van der Waals surface area contributed by atoms with Crippen molar-refractivity contribution in [3.8, 4) is 11.3 Å². The summed E-state index contributed by atoms with van der Waals surface area (Å²) in [4.78, 5) is 9.22. The van der Waals surface area contributed by atoms with E-state index in [0.717, 1.165) is 29.2 Å². The van der Waals surface area contributed by atoms with Crippen LogP contribution in [0.15, 0.2) is 65.7 Å². The monoisotopic (exact) mass is 395 g/mol. The number of hydrogen-bond donors (Lipinski definition) is 1. The summed E-state index contributed by atoms with van der Waals surface area (Å²) in [6.07, 6.45) is -3.58. The molecule has 0 saturated heterocycles. The van der Waals surface area contributed by atoms with Crippen LogP contribution in [-0.2, 0) is 6.18 Å². The van der Waals surface area contributed by atoms with Crippen molar-refractivity contribution in [3.63, 3.8) is 0 Å². The van der Waals surface area contributed by atoms with Gasteiger partial charge in [-0.15, -0.1) is 0 Å². The van der Waals surface area contributed by atoms with Crippen molar-refractivity contribution >= 4 is 11.7 Å². The zero-order valence-electron chi connectivity index (χ0n) is 16.1. The highest BCUT2D eigenvalue weighted by atomic mass is 19.4. The van der Waals surface area contributed by atoms with Crippen LogP contribution in [0.4, 0.5) is 19.0 Å². The zero-order valence-corrected chi connectivity index (χ0v) is 16.1. The van der Waals surface area contributed by atoms with E-state index in [2.05, 4.69) is 23.3 Å². The summed E-state index contributed by atoms with van der Waals surface area (Å²) in [5.41, 5.74) is 2.60. The van der Waals surface area contributed by atoms with E-state index in [-0.39, 0.29) is 17.3 Å². The Morgan fingerprint density at radius 1 is 0.966 bits per heavy atom. The van der Waals surface area contributed by atoms with Gasteiger partial charge in [0.25, 0.3) is 0 Å². The molecule has 3 aromatic rings. The second-order valence-electron chi connectivity index (χ2n) is 7.07. The van der Waals surface area contributed by atoms with Crippen molar-refractivity contribution in [2.45, 2.75) is 32.5 Å². The molecule has 0 radical (unpaired) electrons. The number of aryl methyl sites for hydroxylation is 1. The number of amidine groups is 1. The lowest BCUT2D eigenvalue weighted by atomic mass is 10.0. The normalized spacial score (nSPS) is 15.8. The van der Waals surface area contributed by atoms with Gasteiger partial charge in [0.2, 0.25) is 0 Å². The highest BCUT2D eigenvalue weighted by Gasteiger charge is 2.33. The van der Waals surface area contributed by atoms with Gasteiger partial charge in [-0.25, -0.2) is 4.98 Å². The van der Waals surface area contributed by atoms with Crippen molar-refractivity contribution in [1.29, 1.82) is 0 Å². The molecule has 1 N–H and O–H groups in total. The van der Waals surface area contributed by atoms with Crippen LogP contribution in [0.2, 0.25) is 0 Å². The van der Waals surface area contributed by atoms with Gasteiger partial charge in [-0.05, 0) is 42.7 Å². The number of aliphatic imine (C=N–C) groups is 1. The maximum atomic E-state index is 13.4. The fourth-order valence-electron chi connectivity index (χ4n) is 3.65. The summed E-state index contributed by atoms with van der Waals surface area (Å²) in [6.45, 7) is 3.91. The molecule has 1 aliphatic rings. The number of nitrogens with zero attached hydrogens (tertiary/aromatic N) is 2. The Morgan fingerprint density at radius 2 is 1.66 bits per heavy atom. The predicted octanol–water partition coefficient (Wildman–Crippen LogP) is 6.40. The molecule has 1 aliphatic heterocycles. The number of aromatic nitrogens is 1. The third-order valence-corrected chi connectivity index (χ3v) is 4.97. The number of benzene rings is 2. The van der Waals surface area contributed by atoms with Gasteiger partial charge in [0.15, 0.2) is 0 Å². The molecule has 0 amide bonds. The van der Waals surface area contributed by atoms with E-state index in [9.17, 15) is 13.2 Å². The number of fused-ring (bicyclic) bond motifs is 1. The van der Waals surface area contributed by atoms with E-state index in [1.165, 1.54) is 12.1 Å². The number of alkyl halides is 3. The van der Waals surface area contributed by atoms with Gasteiger partial charge in [-0.2, -0.15) is 13.2 Å². The van der Waals surface area contributed by atoms with Gasteiger partial charge >= 0.3 is 6.18 Å². The molecule has 6 heteroatoms.